The number of aliphatic hydroxyl groups excluding tert-OH is 1. The van der Waals surface area contributed by atoms with Gasteiger partial charge in [-0.2, -0.15) is 0 Å². The summed E-state index contributed by atoms with van der Waals surface area (Å²) in [5.41, 5.74) is 0.195. The number of benzene rings is 3. The van der Waals surface area contributed by atoms with Crippen LogP contribution in [0, 0.1) is 17.5 Å². The topological polar surface area (TPSA) is 66.8 Å². The SMILES string of the molecule is COc1ccc(/C(O)=C2/C(=O)C(=O)N(c3ccc(F)cc3F)C2c2ccc(F)cc2)cc1C(C)(C)C. The van der Waals surface area contributed by atoms with Crippen LogP contribution in [0.25, 0.3) is 5.76 Å². The summed E-state index contributed by atoms with van der Waals surface area (Å²) in [4.78, 5) is 27.2. The molecule has 36 heavy (non-hydrogen) atoms. The number of halogens is 3. The van der Waals surface area contributed by atoms with Crippen LogP contribution in [0.3, 0.4) is 0 Å². The number of anilines is 1. The van der Waals surface area contributed by atoms with Crippen LogP contribution in [0.1, 0.15) is 43.5 Å². The first-order valence-corrected chi connectivity index (χ1v) is 11.1. The normalized spacial score (nSPS) is 17.5. The molecule has 4 rings (SSSR count). The molecule has 5 nitrogen and oxygen atoms in total. The third-order valence-corrected chi connectivity index (χ3v) is 6.08. The van der Waals surface area contributed by atoms with E-state index in [1.54, 1.807) is 12.1 Å². The van der Waals surface area contributed by atoms with E-state index in [-0.39, 0.29) is 27.8 Å². The van der Waals surface area contributed by atoms with Crippen LogP contribution in [0.2, 0.25) is 0 Å². The highest BCUT2D eigenvalue weighted by Gasteiger charge is 2.47. The van der Waals surface area contributed by atoms with E-state index in [1.165, 1.54) is 25.3 Å². The minimum Gasteiger partial charge on any atom is -0.507 e. The summed E-state index contributed by atoms with van der Waals surface area (Å²) in [6.45, 7) is 5.84. The average molecular weight is 495 g/mol. The minimum atomic E-state index is -1.29. The van der Waals surface area contributed by atoms with E-state index in [4.69, 9.17) is 4.74 Å². The van der Waals surface area contributed by atoms with Gasteiger partial charge in [-0.15, -0.1) is 0 Å². The molecule has 3 aromatic carbocycles. The summed E-state index contributed by atoms with van der Waals surface area (Å²) in [5.74, 6) is -4.57. The second-order valence-corrected chi connectivity index (χ2v) is 9.48. The Hall–Kier alpha value is -4.07. The van der Waals surface area contributed by atoms with E-state index in [9.17, 15) is 27.9 Å². The van der Waals surface area contributed by atoms with Gasteiger partial charge >= 0.3 is 0 Å². The molecule has 0 aromatic heterocycles. The molecule has 0 spiro atoms. The summed E-state index contributed by atoms with van der Waals surface area (Å²) in [5, 5.41) is 11.3. The number of carbonyl (C=O) groups excluding carboxylic acids is 2. The van der Waals surface area contributed by atoms with Gasteiger partial charge in [0.15, 0.2) is 0 Å². The molecule has 3 aromatic rings. The number of hydrogen-bond acceptors (Lipinski definition) is 4. The lowest BCUT2D eigenvalue weighted by molar-refractivity contribution is -0.132. The van der Waals surface area contributed by atoms with Gasteiger partial charge < -0.3 is 9.84 Å². The zero-order valence-electron chi connectivity index (χ0n) is 20.1. The second kappa shape index (κ2) is 9.18. The Bertz CT molecular complexity index is 1390. The van der Waals surface area contributed by atoms with Crippen molar-refractivity contribution in [2.24, 2.45) is 0 Å². The summed E-state index contributed by atoms with van der Waals surface area (Å²) >= 11 is 0. The molecule has 0 saturated carbocycles. The second-order valence-electron chi connectivity index (χ2n) is 9.48. The summed E-state index contributed by atoms with van der Waals surface area (Å²) in [7, 11) is 1.52. The lowest BCUT2D eigenvalue weighted by Crippen LogP contribution is -2.30. The molecule has 0 aliphatic carbocycles. The van der Waals surface area contributed by atoms with Crippen LogP contribution in [0.4, 0.5) is 18.9 Å². The fourth-order valence-corrected chi connectivity index (χ4v) is 4.31. The molecule has 0 bridgehead atoms. The Labute approximate surface area is 206 Å². The number of ketones is 1. The largest absolute Gasteiger partial charge is 0.507 e. The number of methoxy groups -OCH3 is 1. The molecular formula is C28H24F3NO4. The Morgan fingerprint density at radius 2 is 1.56 bits per heavy atom. The van der Waals surface area contributed by atoms with Crippen LogP contribution in [-0.2, 0) is 15.0 Å². The van der Waals surface area contributed by atoms with Crippen molar-refractivity contribution in [1.29, 1.82) is 0 Å². The van der Waals surface area contributed by atoms with Gasteiger partial charge in [-0.3, -0.25) is 14.5 Å². The van der Waals surface area contributed by atoms with Gasteiger partial charge in [0.1, 0.15) is 29.0 Å². The molecule has 1 heterocycles. The van der Waals surface area contributed by atoms with Crippen LogP contribution in [0.5, 0.6) is 5.75 Å². The fourth-order valence-electron chi connectivity index (χ4n) is 4.31. The lowest BCUT2D eigenvalue weighted by atomic mass is 9.84. The number of rotatable bonds is 4. The van der Waals surface area contributed by atoms with Crippen LogP contribution in [0.15, 0.2) is 66.2 Å². The van der Waals surface area contributed by atoms with E-state index < -0.39 is 40.9 Å². The van der Waals surface area contributed by atoms with E-state index in [2.05, 4.69) is 0 Å². The monoisotopic (exact) mass is 495 g/mol. The van der Waals surface area contributed by atoms with Crippen molar-refractivity contribution >= 4 is 23.1 Å². The Morgan fingerprint density at radius 1 is 0.917 bits per heavy atom. The first-order chi connectivity index (χ1) is 16.9. The van der Waals surface area contributed by atoms with Crippen LogP contribution < -0.4 is 9.64 Å². The zero-order chi connectivity index (χ0) is 26.4. The number of nitrogens with zero attached hydrogens (tertiary/aromatic N) is 1. The molecule has 1 saturated heterocycles. The van der Waals surface area contributed by atoms with Gasteiger partial charge in [0.25, 0.3) is 11.7 Å². The first kappa shape index (κ1) is 25.0. The predicted octanol–water partition coefficient (Wildman–Crippen LogP) is 6.04. The van der Waals surface area contributed by atoms with Gasteiger partial charge in [0.2, 0.25) is 0 Å². The first-order valence-electron chi connectivity index (χ1n) is 11.1. The molecule has 1 fully saturated rings. The molecular weight excluding hydrogens is 471 g/mol. The van der Waals surface area contributed by atoms with Crippen molar-refractivity contribution in [3.63, 3.8) is 0 Å². The van der Waals surface area contributed by atoms with Gasteiger partial charge in [-0.05, 0) is 53.4 Å². The highest BCUT2D eigenvalue weighted by Crippen LogP contribution is 2.44. The smallest absolute Gasteiger partial charge is 0.300 e. The Balaban J connectivity index is 1.98. The molecule has 1 aliphatic rings. The molecule has 1 N–H and O–H groups in total. The average Bonchev–Trinajstić information content (AvgIpc) is 3.08. The number of amides is 1. The number of hydrogen-bond donors (Lipinski definition) is 1. The lowest BCUT2D eigenvalue weighted by Gasteiger charge is -2.26. The zero-order valence-corrected chi connectivity index (χ0v) is 20.1. The maximum Gasteiger partial charge on any atom is 0.300 e. The highest BCUT2D eigenvalue weighted by atomic mass is 19.1. The van der Waals surface area contributed by atoms with Crippen molar-refractivity contribution in [2.75, 3.05) is 12.0 Å². The van der Waals surface area contributed by atoms with E-state index in [0.717, 1.165) is 34.7 Å². The van der Waals surface area contributed by atoms with Crippen molar-refractivity contribution in [3.05, 3.63) is 100 Å². The predicted molar refractivity (Wildman–Crippen MR) is 129 cm³/mol. The van der Waals surface area contributed by atoms with Crippen molar-refractivity contribution in [2.45, 2.75) is 32.2 Å². The van der Waals surface area contributed by atoms with Crippen molar-refractivity contribution in [1.82, 2.24) is 0 Å². The molecule has 1 amide bonds. The summed E-state index contributed by atoms with van der Waals surface area (Å²) in [6.07, 6.45) is 0. The number of Topliss-reactive ketones (excluding diaryl/α,β-unsaturated/α-hetero) is 1. The maximum absolute atomic E-state index is 14.8. The number of aliphatic hydroxyl groups is 1. The molecule has 1 atom stereocenters. The van der Waals surface area contributed by atoms with Gasteiger partial charge in [0.05, 0.1) is 24.4 Å². The minimum absolute atomic E-state index is 0.241. The quantitative estimate of drug-likeness (QED) is 0.272. The third kappa shape index (κ3) is 4.34. The number of ether oxygens (including phenoxy) is 1. The Kier molecular flexibility index (Phi) is 6.39. The van der Waals surface area contributed by atoms with Gasteiger partial charge in [-0.1, -0.05) is 32.9 Å². The summed E-state index contributed by atoms with van der Waals surface area (Å²) in [6, 6.07) is 11.1. The molecule has 1 aliphatic heterocycles. The van der Waals surface area contributed by atoms with Crippen LogP contribution >= 0.6 is 0 Å². The fraction of sp³-hybridized carbons (Fsp3) is 0.214. The van der Waals surface area contributed by atoms with E-state index in [0.29, 0.717) is 11.8 Å². The van der Waals surface area contributed by atoms with E-state index >= 15 is 0 Å². The van der Waals surface area contributed by atoms with Gasteiger partial charge in [0, 0.05) is 17.2 Å². The van der Waals surface area contributed by atoms with Crippen LogP contribution in [-0.4, -0.2) is 23.9 Å². The molecule has 0 radical (unpaired) electrons. The highest BCUT2D eigenvalue weighted by molar-refractivity contribution is 6.51. The maximum atomic E-state index is 14.8. The summed E-state index contributed by atoms with van der Waals surface area (Å²) < 4.78 is 47.5. The third-order valence-electron chi connectivity index (χ3n) is 6.08. The number of carbonyl (C=O) groups is 2. The van der Waals surface area contributed by atoms with Crippen molar-refractivity contribution in [3.8, 4) is 5.75 Å². The molecule has 186 valence electrons. The Morgan fingerprint density at radius 3 is 2.14 bits per heavy atom. The van der Waals surface area contributed by atoms with E-state index in [1.807, 2.05) is 20.8 Å². The molecule has 8 heteroatoms. The standard InChI is InChI=1S/C28H24F3NO4/c1-28(2,3)19-13-16(7-12-22(19)36-4)25(33)23-24(15-5-8-17(29)9-6-15)32(27(35)26(23)34)21-11-10-18(30)14-20(21)31/h5-14,24,33H,1-4H3/b25-23-. The molecule has 1 unspecified atom stereocenters. The van der Waals surface area contributed by atoms with Crippen molar-refractivity contribution < 1.29 is 32.6 Å². The van der Waals surface area contributed by atoms with Gasteiger partial charge in [-0.25, -0.2) is 13.2 Å².